The van der Waals surface area contributed by atoms with E-state index >= 15 is 0 Å². The number of nitrogens with zero attached hydrogens (tertiary/aromatic N) is 1. The van der Waals surface area contributed by atoms with Crippen molar-refractivity contribution < 1.29 is 35.9 Å². The molecule has 2 aliphatic rings. The van der Waals surface area contributed by atoms with Crippen LogP contribution in [0.5, 0.6) is 0 Å². The van der Waals surface area contributed by atoms with Crippen molar-refractivity contribution >= 4 is 11.9 Å². The van der Waals surface area contributed by atoms with E-state index in [0.717, 1.165) is 12.1 Å². The average Bonchev–Trinajstić information content (AvgIpc) is 2.71. The second-order valence-electron chi connectivity index (χ2n) is 8.04. The fraction of sp³-hybridized carbons (Fsp3) is 0.600. The molecule has 31 heavy (non-hydrogen) atoms. The van der Waals surface area contributed by atoms with E-state index in [1.54, 1.807) is 0 Å². The number of amides is 3. The maximum Gasteiger partial charge on any atom is 0.391 e. The van der Waals surface area contributed by atoms with Crippen molar-refractivity contribution in [2.75, 3.05) is 13.1 Å². The monoisotopic (exact) mass is 451 g/mol. The lowest BCUT2D eigenvalue weighted by atomic mass is 9.76. The number of carbonyl (C=O) groups excluding carboxylic acids is 2. The summed E-state index contributed by atoms with van der Waals surface area (Å²) in [6.45, 7) is 1.92. The Morgan fingerprint density at radius 3 is 2.26 bits per heavy atom. The van der Waals surface area contributed by atoms with Crippen LogP contribution in [0.4, 0.5) is 31.1 Å². The first-order chi connectivity index (χ1) is 14.5. The van der Waals surface area contributed by atoms with Crippen molar-refractivity contribution in [2.45, 2.75) is 50.9 Å². The van der Waals surface area contributed by atoms with E-state index in [9.17, 15) is 35.9 Å². The summed E-state index contributed by atoms with van der Waals surface area (Å²) in [4.78, 5) is 25.9. The number of benzene rings is 1. The van der Waals surface area contributed by atoms with E-state index in [1.807, 2.05) is 0 Å². The van der Waals surface area contributed by atoms with Crippen molar-refractivity contribution in [1.82, 2.24) is 15.5 Å². The first-order valence-electron chi connectivity index (χ1n) is 10.0. The molecule has 1 saturated carbocycles. The van der Waals surface area contributed by atoms with Crippen LogP contribution >= 0.6 is 0 Å². The molecule has 1 unspecified atom stereocenters. The summed E-state index contributed by atoms with van der Waals surface area (Å²) in [5, 5.41) is 5.22. The molecular weight excluding hydrogens is 428 g/mol. The highest BCUT2D eigenvalue weighted by atomic mass is 19.4. The molecule has 2 N–H and O–H groups in total. The number of hydrogen-bond acceptors (Lipinski definition) is 2. The van der Waals surface area contributed by atoms with Gasteiger partial charge >= 0.3 is 12.2 Å². The molecule has 0 aromatic heterocycles. The van der Waals surface area contributed by atoms with Gasteiger partial charge in [-0.25, -0.2) is 18.0 Å². The molecule has 3 rings (SSSR count). The number of halogens is 6. The molecule has 5 nitrogen and oxygen atoms in total. The Morgan fingerprint density at radius 2 is 1.71 bits per heavy atom. The van der Waals surface area contributed by atoms with E-state index in [0.29, 0.717) is 0 Å². The minimum absolute atomic E-state index is 0.0613. The third-order valence-corrected chi connectivity index (χ3v) is 6.11. The lowest BCUT2D eigenvalue weighted by Crippen LogP contribution is -2.58. The Balaban J connectivity index is 1.85. The van der Waals surface area contributed by atoms with Crippen molar-refractivity contribution in [2.24, 2.45) is 11.8 Å². The van der Waals surface area contributed by atoms with Crippen LogP contribution in [0.3, 0.4) is 0 Å². The zero-order chi connectivity index (χ0) is 22.9. The van der Waals surface area contributed by atoms with Crippen LogP contribution in [0.25, 0.3) is 0 Å². The molecule has 1 heterocycles. The first kappa shape index (κ1) is 23.2. The summed E-state index contributed by atoms with van der Waals surface area (Å²) in [7, 11) is 0. The highest BCUT2D eigenvalue weighted by Gasteiger charge is 2.43. The average molecular weight is 451 g/mol. The van der Waals surface area contributed by atoms with Gasteiger partial charge < -0.3 is 15.5 Å². The van der Waals surface area contributed by atoms with Crippen molar-refractivity contribution in [3.8, 4) is 0 Å². The summed E-state index contributed by atoms with van der Waals surface area (Å²) < 4.78 is 80.2. The third-order valence-electron chi connectivity index (χ3n) is 6.11. The molecule has 1 aromatic rings. The second-order valence-corrected chi connectivity index (χ2v) is 8.04. The molecule has 172 valence electrons. The second kappa shape index (κ2) is 8.96. The lowest BCUT2D eigenvalue weighted by Gasteiger charge is -2.38. The van der Waals surface area contributed by atoms with Crippen LogP contribution in [0.15, 0.2) is 12.1 Å². The molecule has 3 amide bonds. The van der Waals surface area contributed by atoms with E-state index in [4.69, 9.17) is 0 Å². The van der Waals surface area contributed by atoms with Crippen molar-refractivity contribution in [3.63, 3.8) is 0 Å². The summed E-state index contributed by atoms with van der Waals surface area (Å²) in [5.74, 6) is -6.97. The maximum absolute atomic E-state index is 13.9. The minimum Gasteiger partial charge on any atom is -0.353 e. The van der Waals surface area contributed by atoms with Gasteiger partial charge in [0.2, 0.25) is 5.91 Å². The fourth-order valence-electron chi connectivity index (χ4n) is 4.28. The highest BCUT2D eigenvalue weighted by Crippen LogP contribution is 2.43. The molecule has 0 radical (unpaired) electrons. The highest BCUT2D eigenvalue weighted by molar-refractivity contribution is 5.88. The molecule has 1 aliphatic heterocycles. The first-order valence-corrected chi connectivity index (χ1v) is 10.0. The zero-order valence-corrected chi connectivity index (χ0v) is 16.7. The molecule has 1 saturated heterocycles. The Bertz CT molecular complexity index is 816. The molecule has 1 aliphatic carbocycles. The summed E-state index contributed by atoms with van der Waals surface area (Å²) >= 11 is 0. The molecule has 0 bridgehead atoms. The van der Waals surface area contributed by atoms with Crippen LogP contribution < -0.4 is 10.6 Å². The van der Waals surface area contributed by atoms with Gasteiger partial charge in [-0.2, -0.15) is 13.2 Å². The minimum atomic E-state index is -4.34. The number of carbonyl (C=O) groups is 2. The third kappa shape index (κ3) is 5.07. The van der Waals surface area contributed by atoms with Crippen LogP contribution in [-0.2, 0) is 4.79 Å². The van der Waals surface area contributed by atoms with Crippen LogP contribution in [0.2, 0.25) is 0 Å². The SMILES string of the molecule is C[C@@H]1C(=O)NCCN1C(=O)NC(c1cc(F)c(F)c(F)c1)[C@H]1CC[C@H](C(F)(F)F)CC1. The smallest absolute Gasteiger partial charge is 0.353 e. The topological polar surface area (TPSA) is 61.4 Å². The van der Waals surface area contributed by atoms with Gasteiger partial charge in [0.25, 0.3) is 0 Å². The zero-order valence-electron chi connectivity index (χ0n) is 16.7. The predicted octanol–water partition coefficient (Wildman–Crippen LogP) is 4.04. The summed E-state index contributed by atoms with van der Waals surface area (Å²) in [6, 6.07) is -1.03. The Hall–Kier alpha value is -2.46. The quantitative estimate of drug-likeness (QED) is 0.538. The van der Waals surface area contributed by atoms with Gasteiger partial charge in [-0.1, -0.05) is 0 Å². The molecule has 2 atom stereocenters. The van der Waals surface area contributed by atoms with Gasteiger partial charge in [0.15, 0.2) is 17.5 Å². The van der Waals surface area contributed by atoms with E-state index in [-0.39, 0.29) is 50.2 Å². The van der Waals surface area contributed by atoms with E-state index < -0.39 is 53.6 Å². The molecular formula is C20H23F6N3O2. The number of nitrogens with one attached hydrogen (secondary N) is 2. The number of piperazine rings is 1. The molecule has 2 fully saturated rings. The normalized spacial score (nSPS) is 25.7. The maximum atomic E-state index is 13.9. The Kier molecular flexibility index (Phi) is 6.70. The van der Waals surface area contributed by atoms with Gasteiger partial charge in [0, 0.05) is 13.1 Å². The predicted molar refractivity (Wildman–Crippen MR) is 98.3 cm³/mol. The fourth-order valence-corrected chi connectivity index (χ4v) is 4.28. The Labute approximate surface area is 175 Å². The van der Waals surface area contributed by atoms with Gasteiger partial charge in [-0.05, 0) is 56.2 Å². The van der Waals surface area contributed by atoms with Gasteiger partial charge in [-0.3, -0.25) is 4.79 Å². The number of urea groups is 1. The lowest BCUT2D eigenvalue weighted by molar-refractivity contribution is -0.184. The standard InChI is InChI=1S/C20H23F6N3O2/c1-10-18(30)27-6-7-29(10)19(31)28-17(12-8-14(21)16(23)15(22)9-12)11-2-4-13(5-3-11)20(24,25)26/h8-11,13,17H,2-7H2,1H3,(H,27,30)(H,28,31)/t10-,11-,13-,17?/m1/s1. The van der Waals surface area contributed by atoms with Gasteiger partial charge in [0.05, 0.1) is 12.0 Å². The number of hydrogen-bond donors (Lipinski definition) is 2. The molecule has 1 aromatic carbocycles. The van der Waals surface area contributed by atoms with Crippen LogP contribution in [0.1, 0.15) is 44.2 Å². The van der Waals surface area contributed by atoms with Crippen molar-refractivity contribution in [1.29, 1.82) is 0 Å². The van der Waals surface area contributed by atoms with E-state index in [1.165, 1.54) is 11.8 Å². The van der Waals surface area contributed by atoms with Gasteiger partial charge in [-0.15, -0.1) is 0 Å². The Morgan fingerprint density at radius 1 is 1.13 bits per heavy atom. The number of rotatable bonds is 3. The summed E-state index contributed by atoms with van der Waals surface area (Å²) in [6.07, 6.45) is -4.59. The molecule has 11 heteroatoms. The van der Waals surface area contributed by atoms with Gasteiger partial charge in [0.1, 0.15) is 6.04 Å². The summed E-state index contributed by atoms with van der Waals surface area (Å²) in [5.41, 5.74) is -0.0747. The molecule has 0 spiro atoms. The van der Waals surface area contributed by atoms with Crippen molar-refractivity contribution in [3.05, 3.63) is 35.1 Å². The van der Waals surface area contributed by atoms with Crippen LogP contribution in [-0.4, -0.2) is 42.1 Å². The van der Waals surface area contributed by atoms with E-state index in [2.05, 4.69) is 10.6 Å². The number of alkyl halides is 3. The largest absolute Gasteiger partial charge is 0.391 e. The van der Waals surface area contributed by atoms with Crippen LogP contribution in [0, 0.1) is 29.3 Å².